The molecule has 0 heterocycles. The van der Waals surface area contributed by atoms with Gasteiger partial charge in [0.1, 0.15) is 6.42 Å². The highest BCUT2D eigenvalue weighted by atomic mass is 19.4. The molecule has 2 rings (SSSR count). The van der Waals surface area contributed by atoms with Crippen LogP contribution in [0.5, 0.6) is 0 Å². The second kappa shape index (κ2) is 10.5. The van der Waals surface area contributed by atoms with Gasteiger partial charge >= 0.3 is 24.7 Å². The highest BCUT2D eigenvalue weighted by Gasteiger charge is 2.56. The second-order valence-corrected chi connectivity index (χ2v) is 8.22. The predicted molar refractivity (Wildman–Crippen MR) is 109 cm³/mol. The number of amides is 1. The van der Waals surface area contributed by atoms with E-state index in [0.717, 1.165) is 12.1 Å². The minimum Gasteiger partial charge on any atom is -0.381 e. The van der Waals surface area contributed by atoms with Gasteiger partial charge in [0.2, 0.25) is 11.5 Å². The van der Waals surface area contributed by atoms with Crippen LogP contribution in [0.3, 0.4) is 0 Å². The molecule has 0 fully saturated rings. The lowest BCUT2D eigenvalue weighted by Crippen LogP contribution is -2.48. The third kappa shape index (κ3) is 7.91. The lowest BCUT2D eigenvalue weighted by atomic mass is 9.89. The number of rotatable bonds is 7. The number of carbonyl (C=O) groups excluding carboxylic acids is 1. The number of halogens is 12. The fourth-order valence-corrected chi connectivity index (χ4v) is 3.23. The van der Waals surface area contributed by atoms with Crippen LogP contribution < -0.4 is 10.6 Å². The van der Waals surface area contributed by atoms with Crippen LogP contribution in [0.15, 0.2) is 36.4 Å². The fraction of sp³-hybridized carbons (Fsp3) is 0.409. The average Bonchev–Trinajstić information content (AvgIpc) is 2.73. The summed E-state index contributed by atoms with van der Waals surface area (Å²) in [7, 11) is 0. The van der Waals surface area contributed by atoms with Crippen molar-refractivity contribution in [3.63, 3.8) is 0 Å². The van der Waals surface area contributed by atoms with Crippen molar-refractivity contribution in [1.82, 2.24) is 5.32 Å². The van der Waals surface area contributed by atoms with E-state index in [1.807, 2.05) is 5.32 Å². The van der Waals surface area contributed by atoms with Crippen LogP contribution in [0.25, 0.3) is 0 Å². The minimum atomic E-state index is -5.73. The SMILES string of the molecule is Cc1cc(NC[C@@](O)(c2cc(C(F)(F)F)cc(C(F)(F)F)c2)C(F)(F)F)ccc1CNC(=O)CC(F)(F)F. The van der Waals surface area contributed by atoms with E-state index in [1.54, 1.807) is 0 Å². The molecule has 0 aliphatic heterocycles. The summed E-state index contributed by atoms with van der Waals surface area (Å²) in [4.78, 5) is 11.3. The Hall–Kier alpha value is -3.17. The Morgan fingerprint density at radius 3 is 1.71 bits per heavy atom. The summed E-state index contributed by atoms with van der Waals surface area (Å²) in [6.07, 6.45) is -23.1. The first-order chi connectivity index (χ1) is 17.0. The first-order valence-corrected chi connectivity index (χ1v) is 10.3. The zero-order valence-electron chi connectivity index (χ0n) is 19.0. The van der Waals surface area contributed by atoms with Gasteiger partial charge in [-0.25, -0.2) is 0 Å². The van der Waals surface area contributed by atoms with Gasteiger partial charge in [0.05, 0.1) is 17.7 Å². The van der Waals surface area contributed by atoms with Crippen molar-refractivity contribution in [2.24, 2.45) is 0 Å². The van der Waals surface area contributed by atoms with Gasteiger partial charge in [0, 0.05) is 12.2 Å². The van der Waals surface area contributed by atoms with E-state index in [2.05, 4.69) is 5.32 Å². The zero-order valence-corrected chi connectivity index (χ0v) is 19.0. The monoisotopic (exact) mass is 570 g/mol. The molecule has 2 aromatic rings. The topological polar surface area (TPSA) is 61.4 Å². The maximum absolute atomic E-state index is 13.8. The van der Waals surface area contributed by atoms with Gasteiger partial charge in [-0.3, -0.25) is 4.79 Å². The normalized spacial score (nSPS) is 14.7. The maximum atomic E-state index is 13.8. The van der Waals surface area contributed by atoms with Crippen molar-refractivity contribution >= 4 is 11.6 Å². The lowest BCUT2D eigenvalue weighted by molar-refractivity contribution is -0.261. The first kappa shape index (κ1) is 31.1. The standard InChI is InChI=1S/C22H18F12N2O2/c1-11-4-16(3-2-12(11)9-35-17(37)8-19(23,24)25)36-10-18(38,22(32,33)34)13-5-14(20(26,27)28)7-15(6-13)21(29,30)31/h2-7,36,38H,8-10H2,1H3,(H,35,37)/t18-/m1/s1. The number of carbonyl (C=O) groups is 1. The van der Waals surface area contributed by atoms with Gasteiger partial charge in [-0.15, -0.1) is 0 Å². The number of hydrogen-bond donors (Lipinski definition) is 3. The summed E-state index contributed by atoms with van der Waals surface area (Å²) < 4.78 is 157. The van der Waals surface area contributed by atoms with Crippen LogP contribution in [0.2, 0.25) is 0 Å². The smallest absolute Gasteiger partial charge is 0.381 e. The van der Waals surface area contributed by atoms with Gasteiger partial charge in [0.15, 0.2) is 0 Å². The predicted octanol–water partition coefficient (Wildman–Crippen LogP) is 6.46. The molecular formula is C22H18F12N2O2. The van der Waals surface area contributed by atoms with Gasteiger partial charge in [-0.05, 0) is 53.9 Å². The molecule has 0 saturated heterocycles. The highest BCUT2D eigenvalue weighted by Crippen LogP contribution is 2.44. The molecule has 1 amide bonds. The van der Waals surface area contributed by atoms with E-state index in [4.69, 9.17) is 0 Å². The molecule has 0 saturated carbocycles. The van der Waals surface area contributed by atoms with Crippen LogP contribution in [-0.4, -0.2) is 29.9 Å². The molecule has 212 valence electrons. The number of anilines is 1. The summed E-state index contributed by atoms with van der Waals surface area (Å²) in [5.41, 5.74) is -9.69. The Kier molecular flexibility index (Phi) is 8.61. The first-order valence-electron chi connectivity index (χ1n) is 10.3. The number of aryl methyl sites for hydroxylation is 1. The molecule has 0 spiro atoms. The second-order valence-electron chi connectivity index (χ2n) is 8.22. The molecule has 4 nitrogen and oxygen atoms in total. The summed E-state index contributed by atoms with van der Waals surface area (Å²) in [5.74, 6) is -1.34. The molecular weight excluding hydrogens is 552 g/mol. The van der Waals surface area contributed by atoms with Crippen molar-refractivity contribution in [2.45, 2.75) is 50.2 Å². The van der Waals surface area contributed by atoms with Crippen LogP contribution in [-0.2, 0) is 29.3 Å². The molecule has 0 bridgehead atoms. The van der Waals surface area contributed by atoms with E-state index < -0.39 is 65.9 Å². The average molecular weight is 570 g/mol. The Balaban J connectivity index is 2.34. The highest BCUT2D eigenvalue weighted by molar-refractivity contribution is 5.76. The van der Waals surface area contributed by atoms with E-state index in [0.29, 0.717) is 0 Å². The Bertz CT molecular complexity index is 1120. The molecule has 0 radical (unpaired) electrons. The molecule has 2 aromatic carbocycles. The molecule has 38 heavy (non-hydrogen) atoms. The van der Waals surface area contributed by atoms with Crippen molar-refractivity contribution in [3.05, 3.63) is 64.2 Å². The Morgan fingerprint density at radius 2 is 1.29 bits per heavy atom. The molecule has 0 unspecified atom stereocenters. The van der Waals surface area contributed by atoms with Gasteiger partial charge in [-0.2, -0.15) is 52.7 Å². The number of aliphatic hydroxyl groups is 1. The molecule has 0 aromatic heterocycles. The van der Waals surface area contributed by atoms with Crippen LogP contribution in [0, 0.1) is 6.92 Å². The number of nitrogens with one attached hydrogen (secondary N) is 2. The molecule has 16 heteroatoms. The Morgan fingerprint density at radius 1 is 0.789 bits per heavy atom. The number of hydrogen-bond acceptors (Lipinski definition) is 3. The van der Waals surface area contributed by atoms with E-state index in [1.165, 1.54) is 13.0 Å². The largest absolute Gasteiger partial charge is 0.423 e. The molecule has 1 atom stereocenters. The third-order valence-corrected chi connectivity index (χ3v) is 5.26. The minimum absolute atomic E-state index is 0.168. The third-order valence-electron chi connectivity index (χ3n) is 5.26. The van der Waals surface area contributed by atoms with E-state index >= 15 is 0 Å². The number of benzene rings is 2. The van der Waals surface area contributed by atoms with Crippen molar-refractivity contribution in [1.29, 1.82) is 0 Å². The molecule has 3 N–H and O–H groups in total. The van der Waals surface area contributed by atoms with E-state index in [9.17, 15) is 62.6 Å². The maximum Gasteiger partial charge on any atom is 0.423 e. The van der Waals surface area contributed by atoms with E-state index in [-0.39, 0.29) is 41.6 Å². The summed E-state index contributed by atoms with van der Waals surface area (Å²) >= 11 is 0. The lowest BCUT2D eigenvalue weighted by Gasteiger charge is -2.32. The number of alkyl halides is 12. The van der Waals surface area contributed by atoms with Gasteiger partial charge in [0.25, 0.3) is 0 Å². The van der Waals surface area contributed by atoms with Crippen molar-refractivity contribution in [2.75, 3.05) is 11.9 Å². The molecule has 0 aliphatic carbocycles. The summed E-state index contributed by atoms with van der Waals surface area (Å²) in [6.45, 7) is -0.608. The summed E-state index contributed by atoms with van der Waals surface area (Å²) in [6, 6.07) is 2.58. The van der Waals surface area contributed by atoms with Crippen molar-refractivity contribution < 1.29 is 62.6 Å². The Labute approximate surface area is 206 Å². The zero-order chi connectivity index (χ0) is 29.3. The van der Waals surface area contributed by atoms with Crippen LogP contribution >= 0.6 is 0 Å². The quantitative estimate of drug-likeness (QED) is 0.335. The molecule has 0 aliphatic rings. The van der Waals surface area contributed by atoms with Crippen LogP contribution in [0.4, 0.5) is 58.4 Å². The van der Waals surface area contributed by atoms with Crippen LogP contribution in [0.1, 0.15) is 34.2 Å². The summed E-state index contributed by atoms with van der Waals surface area (Å²) in [5, 5.41) is 14.5. The van der Waals surface area contributed by atoms with Gasteiger partial charge < -0.3 is 15.7 Å². The fourth-order valence-electron chi connectivity index (χ4n) is 3.23. The van der Waals surface area contributed by atoms with Gasteiger partial charge in [-0.1, -0.05) is 6.07 Å². The van der Waals surface area contributed by atoms with Crippen molar-refractivity contribution in [3.8, 4) is 0 Å².